The third-order valence-electron chi connectivity index (χ3n) is 3.31. The van der Waals surface area contributed by atoms with Crippen molar-refractivity contribution in [1.29, 1.82) is 5.26 Å². The first-order valence-electron chi connectivity index (χ1n) is 7.36. The molecule has 0 saturated heterocycles. The van der Waals surface area contributed by atoms with Gasteiger partial charge in [-0.1, -0.05) is 12.1 Å². The second kappa shape index (κ2) is 7.79. The lowest BCUT2D eigenvalue weighted by Gasteiger charge is -2.13. The average Bonchev–Trinajstić information content (AvgIpc) is 2.55. The molecular formula is C18H18N4O2. The molecule has 0 saturated carbocycles. The van der Waals surface area contributed by atoms with Crippen LogP contribution < -0.4 is 15.5 Å². The number of anilines is 3. The summed E-state index contributed by atoms with van der Waals surface area (Å²) >= 11 is 0. The highest BCUT2D eigenvalue weighted by Gasteiger charge is 2.11. The molecule has 2 amide bonds. The number of benzene rings is 2. The summed E-state index contributed by atoms with van der Waals surface area (Å²) in [5, 5.41) is 14.2. The molecule has 2 aromatic carbocycles. The SMILES string of the molecule is CN(C)c1ccc(NC(=O)CC(=O)Nc2ccccc2C#N)cc1. The van der Waals surface area contributed by atoms with Crippen LogP contribution in [0.25, 0.3) is 0 Å². The van der Waals surface area contributed by atoms with Crippen LogP contribution in [0.2, 0.25) is 0 Å². The molecule has 0 atom stereocenters. The summed E-state index contributed by atoms with van der Waals surface area (Å²) in [7, 11) is 3.86. The molecule has 24 heavy (non-hydrogen) atoms. The van der Waals surface area contributed by atoms with Crippen LogP contribution in [-0.2, 0) is 9.59 Å². The van der Waals surface area contributed by atoms with Gasteiger partial charge in [-0.15, -0.1) is 0 Å². The van der Waals surface area contributed by atoms with E-state index in [-0.39, 0.29) is 6.42 Å². The van der Waals surface area contributed by atoms with Crippen molar-refractivity contribution in [2.45, 2.75) is 6.42 Å². The van der Waals surface area contributed by atoms with E-state index in [0.717, 1.165) is 5.69 Å². The van der Waals surface area contributed by atoms with E-state index in [9.17, 15) is 9.59 Å². The van der Waals surface area contributed by atoms with Crippen LogP contribution in [0.1, 0.15) is 12.0 Å². The van der Waals surface area contributed by atoms with Crippen LogP contribution in [0.5, 0.6) is 0 Å². The van der Waals surface area contributed by atoms with Gasteiger partial charge in [0.1, 0.15) is 12.5 Å². The Morgan fingerprint density at radius 1 is 1.00 bits per heavy atom. The van der Waals surface area contributed by atoms with Gasteiger partial charge < -0.3 is 15.5 Å². The zero-order valence-corrected chi connectivity index (χ0v) is 13.5. The third kappa shape index (κ3) is 4.58. The largest absolute Gasteiger partial charge is 0.378 e. The van der Waals surface area contributed by atoms with Crippen molar-refractivity contribution in [3.05, 3.63) is 54.1 Å². The molecule has 6 nitrogen and oxygen atoms in total. The molecule has 0 unspecified atom stereocenters. The normalized spacial score (nSPS) is 9.71. The van der Waals surface area contributed by atoms with Crippen LogP contribution in [0.15, 0.2) is 48.5 Å². The quantitative estimate of drug-likeness (QED) is 0.829. The minimum atomic E-state index is -0.472. The Labute approximate surface area is 140 Å². The lowest BCUT2D eigenvalue weighted by Crippen LogP contribution is -2.21. The van der Waals surface area contributed by atoms with E-state index in [0.29, 0.717) is 16.9 Å². The highest BCUT2D eigenvalue weighted by Crippen LogP contribution is 2.16. The van der Waals surface area contributed by atoms with Crippen LogP contribution in [-0.4, -0.2) is 25.9 Å². The minimum Gasteiger partial charge on any atom is -0.378 e. The van der Waals surface area contributed by atoms with Gasteiger partial charge in [-0.05, 0) is 36.4 Å². The number of amides is 2. The van der Waals surface area contributed by atoms with Crippen LogP contribution in [0, 0.1) is 11.3 Å². The average molecular weight is 322 g/mol. The predicted octanol–water partition coefficient (Wildman–Crippen LogP) is 2.59. The van der Waals surface area contributed by atoms with Gasteiger partial charge in [0.15, 0.2) is 0 Å². The molecule has 2 N–H and O–H groups in total. The number of nitrogens with one attached hydrogen (secondary N) is 2. The number of rotatable bonds is 5. The predicted molar refractivity (Wildman–Crippen MR) is 93.8 cm³/mol. The number of nitrogens with zero attached hydrogens (tertiary/aromatic N) is 2. The molecule has 2 aromatic rings. The molecule has 0 aliphatic carbocycles. The van der Waals surface area contributed by atoms with Crippen molar-refractivity contribution < 1.29 is 9.59 Å². The molecule has 0 bridgehead atoms. The molecule has 0 fully saturated rings. The van der Waals surface area contributed by atoms with E-state index < -0.39 is 11.8 Å². The Hall–Kier alpha value is -3.33. The number of hydrogen-bond donors (Lipinski definition) is 2. The molecule has 2 rings (SSSR count). The van der Waals surface area contributed by atoms with Gasteiger partial charge in [-0.3, -0.25) is 9.59 Å². The highest BCUT2D eigenvalue weighted by atomic mass is 16.2. The first-order chi connectivity index (χ1) is 11.5. The topological polar surface area (TPSA) is 85.2 Å². The number of nitriles is 1. The van der Waals surface area contributed by atoms with E-state index >= 15 is 0 Å². The fraction of sp³-hybridized carbons (Fsp3) is 0.167. The van der Waals surface area contributed by atoms with Gasteiger partial charge in [-0.2, -0.15) is 5.26 Å². The van der Waals surface area contributed by atoms with E-state index in [1.807, 2.05) is 37.2 Å². The molecule has 0 heterocycles. The van der Waals surface area contributed by atoms with Crippen LogP contribution in [0.3, 0.4) is 0 Å². The van der Waals surface area contributed by atoms with Crippen LogP contribution in [0.4, 0.5) is 17.1 Å². The van der Waals surface area contributed by atoms with Gasteiger partial charge in [-0.25, -0.2) is 0 Å². The molecule has 0 radical (unpaired) electrons. The standard InChI is InChI=1S/C18H18N4O2/c1-22(2)15-9-7-14(8-10-15)20-17(23)11-18(24)21-16-6-4-3-5-13(16)12-19/h3-10H,11H2,1-2H3,(H,20,23)(H,21,24). The second-order valence-corrected chi connectivity index (χ2v) is 5.37. The van der Waals surface area contributed by atoms with Gasteiger partial charge in [0.25, 0.3) is 0 Å². The minimum absolute atomic E-state index is 0.324. The lowest BCUT2D eigenvalue weighted by molar-refractivity contribution is -0.123. The fourth-order valence-corrected chi connectivity index (χ4v) is 2.08. The molecule has 0 aromatic heterocycles. The van der Waals surface area contributed by atoms with Crippen molar-refractivity contribution in [3.63, 3.8) is 0 Å². The molecular weight excluding hydrogens is 304 g/mol. The van der Waals surface area contributed by atoms with Crippen molar-refractivity contribution in [1.82, 2.24) is 0 Å². The van der Waals surface area contributed by atoms with Gasteiger partial charge in [0.2, 0.25) is 11.8 Å². The van der Waals surface area contributed by atoms with E-state index in [1.165, 1.54) is 0 Å². The zero-order valence-electron chi connectivity index (χ0n) is 13.5. The molecule has 6 heteroatoms. The maximum Gasteiger partial charge on any atom is 0.233 e. The monoisotopic (exact) mass is 322 g/mol. The molecule has 0 spiro atoms. The van der Waals surface area contributed by atoms with Gasteiger partial charge in [0.05, 0.1) is 11.3 Å². The number of carbonyl (C=O) groups excluding carboxylic acids is 2. The Kier molecular flexibility index (Phi) is 5.53. The van der Waals surface area contributed by atoms with Crippen molar-refractivity contribution in [2.75, 3.05) is 29.6 Å². The van der Waals surface area contributed by atoms with E-state index in [1.54, 1.807) is 36.4 Å². The molecule has 122 valence electrons. The summed E-state index contributed by atoms with van der Waals surface area (Å²) < 4.78 is 0. The summed E-state index contributed by atoms with van der Waals surface area (Å²) in [5.41, 5.74) is 2.38. The van der Waals surface area contributed by atoms with E-state index in [2.05, 4.69) is 10.6 Å². The lowest BCUT2D eigenvalue weighted by atomic mass is 10.2. The van der Waals surface area contributed by atoms with Crippen molar-refractivity contribution in [2.24, 2.45) is 0 Å². The maximum absolute atomic E-state index is 11.9. The highest BCUT2D eigenvalue weighted by molar-refractivity contribution is 6.08. The summed E-state index contributed by atoms with van der Waals surface area (Å²) in [6, 6.07) is 15.9. The number of hydrogen-bond acceptors (Lipinski definition) is 4. The maximum atomic E-state index is 11.9. The van der Waals surface area contributed by atoms with Crippen LogP contribution >= 0.6 is 0 Å². The first-order valence-corrected chi connectivity index (χ1v) is 7.36. The summed E-state index contributed by atoms with van der Waals surface area (Å²) in [5.74, 6) is -0.889. The van der Waals surface area contributed by atoms with Crippen molar-refractivity contribution >= 4 is 28.9 Å². The molecule has 0 aliphatic rings. The molecule has 0 aliphatic heterocycles. The number of carbonyl (C=O) groups is 2. The summed E-state index contributed by atoms with van der Waals surface area (Å²) in [6.07, 6.45) is -0.324. The third-order valence-corrected chi connectivity index (χ3v) is 3.31. The first kappa shape index (κ1) is 17.0. The Bertz CT molecular complexity index is 776. The Morgan fingerprint density at radius 2 is 1.62 bits per heavy atom. The van der Waals surface area contributed by atoms with Gasteiger partial charge in [0, 0.05) is 25.5 Å². The Balaban J connectivity index is 1.92. The smallest absolute Gasteiger partial charge is 0.233 e. The Morgan fingerprint density at radius 3 is 2.25 bits per heavy atom. The fourth-order valence-electron chi connectivity index (χ4n) is 2.08. The second-order valence-electron chi connectivity index (χ2n) is 5.37. The zero-order chi connectivity index (χ0) is 17.5. The summed E-state index contributed by atoms with van der Waals surface area (Å²) in [6.45, 7) is 0. The van der Waals surface area contributed by atoms with Gasteiger partial charge >= 0.3 is 0 Å². The van der Waals surface area contributed by atoms with Crippen molar-refractivity contribution in [3.8, 4) is 6.07 Å². The number of para-hydroxylation sites is 1. The van der Waals surface area contributed by atoms with E-state index in [4.69, 9.17) is 5.26 Å². The summed E-state index contributed by atoms with van der Waals surface area (Å²) in [4.78, 5) is 25.8.